The minimum atomic E-state index is -0.353. The van der Waals surface area contributed by atoms with Gasteiger partial charge in [0.15, 0.2) is 0 Å². The Morgan fingerprint density at radius 1 is 0.465 bits per heavy atom. The molecule has 0 unspecified atom stereocenters. The van der Waals surface area contributed by atoms with E-state index in [9.17, 15) is 0 Å². The van der Waals surface area contributed by atoms with E-state index in [1.807, 2.05) is 0 Å². The fourth-order valence-electron chi connectivity index (χ4n) is 4.47. The number of allylic oxidation sites excluding steroid dienone is 8. The first-order chi connectivity index (χ1) is 19.3. The molecular formula is C35H34Cl4FeP2Pd. The summed E-state index contributed by atoms with van der Waals surface area (Å²) in [6, 6.07) is 43.4. The molecule has 0 aromatic heterocycles. The fraction of sp³-hybridized carbons (Fsp3) is 0.0857. The van der Waals surface area contributed by atoms with Gasteiger partial charge in [-0.2, -0.15) is 0 Å². The van der Waals surface area contributed by atoms with Gasteiger partial charge in [-0.15, -0.1) is 48.0 Å². The van der Waals surface area contributed by atoms with Gasteiger partial charge in [-0.1, -0.05) is 158 Å². The first-order valence-corrected chi connectivity index (χ1v) is 16.7. The second-order valence-electron chi connectivity index (χ2n) is 8.69. The molecule has 0 saturated heterocycles. The first-order valence-electron chi connectivity index (χ1n) is 13.0. The summed E-state index contributed by atoms with van der Waals surface area (Å²) >= 11 is 9.53. The molecule has 0 N–H and O–H groups in total. The summed E-state index contributed by atoms with van der Waals surface area (Å²) in [5.74, 6) is 0. The van der Waals surface area contributed by atoms with Gasteiger partial charge < -0.3 is 0 Å². The predicted octanol–water partition coefficient (Wildman–Crippen LogP) is 10.2. The molecule has 8 heteroatoms. The smallest absolute Gasteiger partial charge is 0.0967 e. The van der Waals surface area contributed by atoms with Crippen LogP contribution in [0, 0.1) is 0 Å². The number of benzene rings is 4. The fourth-order valence-corrected chi connectivity index (χ4v) is 9.32. The number of rotatable bonds is 6. The van der Waals surface area contributed by atoms with Crippen molar-refractivity contribution in [2.45, 2.75) is 12.8 Å². The molecule has 0 atom stereocenters. The SMILES string of the molecule is C1=CCC(P(c2ccccc2)c2ccccc2)=C1.C1=CCC(P(c2ccccc2)c2ccccc2)=C1.Cl.Cl.ClCCl.[Fe].[Pd]. The van der Waals surface area contributed by atoms with E-state index in [0.29, 0.717) is 0 Å². The van der Waals surface area contributed by atoms with Crippen molar-refractivity contribution in [1.82, 2.24) is 0 Å². The number of hydrogen-bond donors (Lipinski definition) is 0. The van der Waals surface area contributed by atoms with Crippen molar-refractivity contribution in [3.8, 4) is 0 Å². The summed E-state index contributed by atoms with van der Waals surface area (Å²) < 4.78 is 0. The normalized spacial score (nSPS) is 12.1. The maximum atomic E-state index is 4.76. The maximum Gasteiger partial charge on any atom is 0.0967 e. The molecule has 0 bridgehead atoms. The number of alkyl halides is 2. The Balaban J connectivity index is 0.000000693. The van der Waals surface area contributed by atoms with E-state index in [-0.39, 0.29) is 83.5 Å². The van der Waals surface area contributed by atoms with Gasteiger partial charge in [0.25, 0.3) is 0 Å². The Hall–Kier alpha value is -0.958. The van der Waals surface area contributed by atoms with Gasteiger partial charge in [0, 0.05) is 37.5 Å². The van der Waals surface area contributed by atoms with E-state index in [1.165, 1.54) is 21.2 Å². The van der Waals surface area contributed by atoms with E-state index in [0.717, 1.165) is 12.8 Å². The van der Waals surface area contributed by atoms with Crippen LogP contribution in [0.15, 0.2) is 168 Å². The van der Waals surface area contributed by atoms with Gasteiger partial charge in [0.05, 0.1) is 5.34 Å². The van der Waals surface area contributed by atoms with Crippen molar-refractivity contribution >= 4 is 85.1 Å². The molecule has 0 heterocycles. The van der Waals surface area contributed by atoms with E-state index >= 15 is 0 Å². The average molecular weight is 821 g/mol. The summed E-state index contributed by atoms with van der Waals surface area (Å²) in [6.45, 7) is 0. The Bertz CT molecular complexity index is 1210. The molecule has 0 spiro atoms. The standard InChI is InChI=1S/2C17H15P.CH2Cl2.2ClH.Fe.Pd/c2*1-3-9-15(10-4-1)18(17-13-7-8-14-17)16-11-5-2-6-12-16;2-1-3;;;;/h2*1-13H,14H2;1H2;2*1H;;. The van der Waals surface area contributed by atoms with Gasteiger partial charge in [0.2, 0.25) is 0 Å². The molecule has 0 nitrogen and oxygen atoms in total. The van der Waals surface area contributed by atoms with Gasteiger partial charge >= 0.3 is 0 Å². The summed E-state index contributed by atoms with van der Waals surface area (Å²) in [5, 5.41) is 9.04. The molecule has 43 heavy (non-hydrogen) atoms. The Labute approximate surface area is 306 Å². The van der Waals surface area contributed by atoms with Crippen LogP contribution >= 0.6 is 63.9 Å². The largest absolute Gasteiger partial charge is 0.147 e. The summed E-state index contributed by atoms with van der Waals surface area (Å²) in [6.07, 6.45) is 15.6. The monoisotopic (exact) mass is 818 g/mol. The van der Waals surface area contributed by atoms with E-state index < -0.39 is 0 Å². The number of halogens is 4. The van der Waals surface area contributed by atoms with Gasteiger partial charge in [0.1, 0.15) is 0 Å². The van der Waals surface area contributed by atoms with Crippen molar-refractivity contribution in [2.24, 2.45) is 0 Å². The minimum Gasteiger partial charge on any atom is -0.147 e. The second-order valence-corrected chi connectivity index (χ2v) is 14.1. The molecule has 0 aliphatic heterocycles. The molecule has 2 aliphatic rings. The van der Waals surface area contributed by atoms with Gasteiger partial charge in [-0.3, -0.25) is 0 Å². The van der Waals surface area contributed by atoms with Crippen molar-refractivity contribution in [3.05, 3.63) is 168 Å². The maximum absolute atomic E-state index is 4.76. The first kappa shape index (κ1) is 42.0. The zero-order chi connectivity index (χ0) is 27.1. The molecule has 0 saturated carbocycles. The van der Waals surface area contributed by atoms with Crippen molar-refractivity contribution in [3.63, 3.8) is 0 Å². The summed E-state index contributed by atoms with van der Waals surface area (Å²) in [7, 11) is -0.707. The van der Waals surface area contributed by atoms with Crippen LogP contribution in [-0.2, 0) is 37.5 Å². The van der Waals surface area contributed by atoms with E-state index in [4.69, 9.17) is 23.2 Å². The zero-order valence-electron chi connectivity index (χ0n) is 23.3. The third-order valence-electron chi connectivity index (χ3n) is 6.14. The quantitative estimate of drug-likeness (QED) is 0.103. The van der Waals surface area contributed by atoms with Gasteiger partial charge in [-0.25, -0.2) is 0 Å². The van der Waals surface area contributed by atoms with E-state index in [2.05, 4.69) is 158 Å². The van der Waals surface area contributed by atoms with Crippen LogP contribution in [0.2, 0.25) is 0 Å². The third kappa shape index (κ3) is 13.1. The van der Waals surface area contributed by atoms with Crippen LogP contribution in [0.5, 0.6) is 0 Å². The van der Waals surface area contributed by atoms with Crippen LogP contribution < -0.4 is 21.2 Å². The van der Waals surface area contributed by atoms with Crippen LogP contribution in [0.4, 0.5) is 0 Å². The predicted molar refractivity (Wildman–Crippen MR) is 193 cm³/mol. The molecule has 4 aromatic carbocycles. The zero-order valence-corrected chi connectivity index (χ0v) is 30.9. The molecule has 0 radical (unpaired) electrons. The summed E-state index contributed by atoms with van der Waals surface area (Å²) in [4.78, 5) is 0. The molecule has 0 amide bonds. The third-order valence-corrected chi connectivity index (χ3v) is 11.2. The Morgan fingerprint density at radius 2 is 0.698 bits per heavy atom. The van der Waals surface area contributed by atoms with Crippen LogP contribution in [0.3, 0.4) is 0 Å². The molecular weight excluding hydrogens is 786 g/mol. The Kier molecular flexibility index (Phi) is 23.8. The molecule has 4 aromatic rings. The Morgan fingerprint density at radius 3 is 0.884 bits per heavy atom. The topological polar surface area (TPSA) is 0 Å². The van der Waals surface area contributed by atoms with Crippen molar-refractivity contribution in [1.29, 1.82) is 0 Å². The average Bonchev–Trinajstić information content (AvgIpc) is 3.72. The van der Waals surface area contributed by atoms with Crippen molar-refractivity contribution in [2.75, 3.05) is 5.34 Å². The van der Waals surface area contributed by atoms with Crippen LogP contribution in [0.1, 0.15) is 12.8 Å². The number of hydrogen-bond acceptors (Lipinski definition) is 0. The van der Waals surface area contributed by atoms with Crippen LogP contribution in [0.25, 0.3) is 0 Å². The molecule has 230 valence electrons. The molecule has 0 fully saturated rings. The van der Waals surface area contributed by atoms with Crippen molar-refractivity contribution < 1.29 is 37.5 Å². The van der Waals surface area contributed by atoms with E-state index in [1.54, 1.807) is 10.6 Å². The van der Waals surface area contributed by atoms with Gasteiger partial charge in [-0.05, 0) is 60.5 Å². The molecule has 6 rings (SSSR count). The molecule has 2 aliphatic carbocycles. The summed E-state index contributed by atoms with van der Waals surface area (Å²) in [5.41, 5.74) is 0. The van der Waals surface area contributed by atoms with Crippen LogP contribution in [-0.4, -0.2) is 5.34 Å². The minimum absolute atomic E-state index is 0. The second kappa shape index (κ2) is 24.3.